The van der Waals surface area contributed by atoms with Crippen molar-refractivity contribution in [1.82, 2.24) is 0 Å². The van der Waals surface area contributed by atoms with Gasteiger partial charge in [0.2, 0.25) is 0 Å². The molecule has 1 aromatic carbocycles. The van der Waals surface area contributed by atoms with Crippen LogP contribution >= 0.6 is 11.6 Å². The van der Waals surface area contributed by atoms with E-state index in [0.717, 1.165) is 23.3 Å². The molecule has 0 saturated heterocycles. The van der Waals surface area contributed by atoms with Gasteiger partial charge in [0.25, 0.3) is 0 Å². The lowest BCUT2D eigenvalue weighted by molar-refractivity contribution is -0.138. The molecular formula is C11H12ClNO3. The maximum atomic E-state index is 10.7. The molecule has 0 amide bonds. The molecule has 2 rings (SSSR count). The topological polar surface area (TPSA) is 72.5 Å². The number of nitrogens with two attached hydrogens (primary N) is 1. The van der Waals surface area contributed by atoms with Crippen LogP contribution in [0.3, 0.4) is 0 Å². The molecule has 16 heavy (non-hydrogen) atoms. The molecule has 0 aliphatic carbocycles. The number of fused-ring (bicyclic) bond motifs is 1. The predicted octanol–water partition coefficient (Wildman–Crippen LogP) is 1.23. The molecule has 0 radical (unpaired) electrons. The van der Waals surface area contributed by atoms with Crippen LogP contribution in [0, 0.1) is 0 Å². The van der Waals surface area contributed by atoms with E-state index in [1.165, 1.54) is 0 Å². The number of rotatable bonds is 3. The van der Waals surface area contributed by atoms with Gasteiger partial charge in [-0.05, 0) is 23.3 Å². The summed E-state index contributed by atoms with van der Waals surface area (Å²) in [5.41, 5.74) is 7.30. The van der Waals surface area contributed by atoms with Crippen molar-refractivity contribution in [1.29, 1.82) is 0 Å². The molecule has 1 heterocycles. The third-order valence-electron chi connectivity index (χ3n) is 2.58. The zero-order valence-electron chi connectivity index (χ0n) is 8.57. The van der Waals surface area contributed by atoms with Crippen molar-refractivity contribution < 1.29 is 14.6 Å². The molecule has 0 aromatic heterocycles. The molecule has 1 atom stereocenters. The molecule has 1 aliphatic rings. The van der Waals surface area contributed by atoms with Gasteiger partial charge in [0, 0.05) is 17.9 Å². The molecule has 1 aliphatic heterocycles. The highest BCUT2D eigenvalue weighted by Crippen LogP contribution is 2.33. The Kier molecular flexibility index (Phi) is 3.03. The Hall–Kier alpha value is -1.26. The van der Waals surface area contributed by atoms with Gasteiger partial charge in [0.1, 0.15) is 11.8 Å². The minimum Gasteiger partial charge on any atom is -0.493 e. The van der Waals surface area contributed by atoms with Gasteiger partial charge in [-0.1, -0.05) is 11.6 Å². The summed E-state index contributed by atoms with van der Waals surface area (Å²) in [5, 5.41) is 9.36. The fourth-order valence-electron chi connectivity index (χ4n) is 1.82. The number of ether oxygens (including phenoxy) is 1. The van der Waals surface area contributed by atoms with Crippen LogP contribution in [0.2, 0.25) is 5.02 Å². The largest absolute Gasteiger partial charge is 0.493 e. The molecule has 0 bridgehead atoms. The Morgan fingerprint density at radius 3 is 3.06 bits per heavy atom. The minimum absolute atomic E-state index is 0.234. The Morgan fingerprint density at radius 2 is 2.38 bits per heavy atom. The third kappa shape index (κ3) is 2.13. The van der Waals surface area contributed by atoms with Crippen LogP contribution in [0.25, 0.3) is 0 Å². The second-order valence-electron chi connectivity index (χ2n) is 3.80. The second kappa shape index (κ2) is 4.31. The van der Waals surface area contributed by atoms with Gasteiger partial charge in [-0.2, -0.15) is 0 Å². The summed E-state index contributed by atoms with van der Waals surface area (Å²) in [6.45, 7) is 0.616. The van der Waals surface area contributed by atoms with E-state index in [-0.39, 0.29) is 6.42 Å². The van der Waals surface area contributed by atoms with Crippen LogP contribution in [-0.2, 0) is 17.6 Å². The molecule has 5 heteroatoms. The first-order chi connectivity index (χ1) is 7.58. The Morgan fingerprint density at radius 1 is 1.62 bits per heavy atom. The summed E-state index contributed by atoms with van der Waals surface area (Å²) in [4.78, 5) is 10.7. The lowest BCUT2D eigenvalue weighted by atomic mass is 10.0. The Balaban J connectivity index is 2.30. The summed E-state index contributed by atoms with van der Waals surface area (Å²) in [6, 6.07) is 2.64. The Bertz CT molecular complexity index is 433. The van der Waals surface area contributed by atoms with Crippen LogP contribution in [0.1, 0.15) is 11.1 Å². The van der Waals surface area contributed by atoms with Crippen molar-refractivity contribution in [3.63, 3.8) is 0 Å². The molecule has 0 fully saturated rings. The Labute approximate surface area is 98.0 Å². The first kappa shape index (κ1) is 11.2. The normalized spacial score (nSPS) is 15.4. The highest BCUT2D eigenvalue weighted by Gasteiger charge is 2.21. The lowest BCUT2D eigenvalue weighted by Gasteiger charge is -2.11. The van der Waals surface area contributed by atoms with Gasteiger partial charge in [-0.3, -0.25) is 4.79 Å². The summed E-state index contributed by atoms with van der Waals surface area (Å²) in [6.07, 6.45) is 1.05. The molecule has 1 unspecified atom stereocenters. The van der Waals surface area contributed by atoms with E-state index in [1.807, 2.05) is 6.07 Å². The van der Waals surface area contributed by atoms with Crippen LogP contribution < -0.4 is 10.5 Å². The predicted molar refractivity (Wildman–Crippen MR) is 60.0 cm³/mol. The first-order valence-corrected chi connectivity index (χ1v) is 5.38. The maximum Gasteiger partial charge on any atom is 0.320 e. The smallest absolute Gasteiger partial charge is 0.320 e. The summed E-state index contributed by atoms with van der Waals surface area (Å²) < 4.78 is 5.46. The average molecular weight is 242 g/mol. The fourth-order valence-corrected chi connectivity index (χ4v) is 2.09. The molecule has 3 N–H and O–H groups in total. The van der Waals surface area contributed by atoms with E-state index in [0.29, 0.717) is 11.6 Å². The summed E-state index contributed by atoms with van der Waals surface area (Å²) in [5.74, 6) is -0.271. The maximum absolute atomic E-state index is 10.7. The van der Waals surface area contributed by atoms with Crippen molar-refractivity contribution >= 4 is 17.6 Å². The van der Waals surface area contributed by atoms with Gasteiger partial charge >= 0.3 is 5.97 Å². The monoisotopic (exact) mass is 241 g/mol. The zero-order valence-corrected chi connectivity index (χ0v) is 9.33. The molecular weight excluding hydrogens is 230 g/mol. The first-order valence-electron chi connectivity index (χ1n) is 5.00. The molecule has 0 spiro atoms. The number of carboxylic acid groups (broad SMARTS) is 1. The van der Waals surface area contributed by atoms with Crippen molar-refractivity contribution in [3.05, 3.63) is 28.3 Å². The number of carbonyl (C=O) groups is 1. The molecule has 1 aromatic rings. The van der Waals surface area contributed by atoms with Crippen molar-refractivity contribution in [2.24, 2.45) is 5.73 Å². The van der Waals surface area contributed by atoms with E-state index >= 15 is 0 Å². The van der Waals surface area contributed by atoms with Crippen LogP contribution in [0.5, 0.6) is 5.75 Å². The third-order valence-corrected chi connectivity index (χ3v) is 2.80. The number of benzene rings is 1. The summed E-state index contributed by atoms with van der Waals surface area (Å²) in [7, 11) is 0. The quantitative estimate of drug-likeness (QED) is 0.835. The number of halogens is 1. The molecule has 4 nitrogen and oxygen atoms in total. The van der Waals surface area contributed by atoms with Crippen LogP contribution in [-0.4, -0.2) is 23.7 Å². The second-order valence-corrected chi connectivity index (χ2v) is 4.24. The van der Waals surface area contributed by atoms with Crippen molar-refractivity contribution in [2.45, 2.75) is 18.9 Å². The van der Waals surface area contributed by atoms with E-state index in [9.17, 15) is 4.79 Å². The number of carboxylic acids is 1. The number of hydrogen-bond acceptors (Lipinski definition) is 3. The van der Waals surface area contributed by atoms with Gasteiger partial charge in [0.15, 0.2) is 0 Å². The summed E-state index contributed by atoms with van der Waals surface area (Å²) >= 11 is 5.95. The van der Waals surface area contributed by atoms with E-state index in [1.54, 1.807) is 6.07 Å². The molecule has 0 saturated carbocycles. The van der Waals surface area contributed by atoms with Crippen LogP contribution in [0.15, 0.2) is 12.1 Å². The fraction of sp³-hybridized carbons (Fsp3) is 0.364. The van der Waals surface area contributed by atoms with E-state index in [2.05, 4.69) is 0 Å². The zero-order chi connectivity index (χ0) is 11.7. The van der Waals surface area contributed by atoms with Gasteiger partial charge in [-0.25, -0.2) is 0 Å². The highest BCUT2D eigenvalue weighted by molar-refractivity contribution is 6.30. The van der Waals surface area contributed by atoms with Crippen LogP contribution in [0.4, 0.5) is 0 Å². The lowest BCUT2D eigenvalue weighted by Crippen LogP contribution is -2.32. The van der Waals surface area contributed by atoms with E-state index in [4.69, 9.17) is 27.2 Å². The van der Waals surface area contributed by atoms with E-state index < -0.39 is 12.0 Å². The molecule has 86 valence electrons. The number of hydrogen-bond donors (Lipinski definition) is 2. The average Bonchev–Trinajstić information content (AvgIpc) is 2.65. The highest BCUT2D eigenvalue weighted by atomic mass is 35.5. The number of aliphatic carboxylic acids is 1. The minimum atomic E-state index is -1.02. The SMILES string of the molecule is NC(Cc1cc(Cl)cc2c1OCC2)C(=O)O. The van der Waals surface area contributed by atoms with Gasteiger partial charge in [0.05, 0.1) is 6.61 Å². The van der Waals surface area contributed by atoms with Gasteiger partial charge < -0.3 is 15.6 Å². The standard InChI is InChI=1S/C11H12ClNO3/c12-8-3-6-1-2-16-10(6)7(4-8)5-9(13)11(14)15/h3-4,9H,1-2,5,13H2,(H,14,15). The van der Waals surface area contributed by atoms with Crippen molar-refractivity contribution in [3.8, 4) is 5.75 Å². The van der Waals surface area contributed by atoms with Crippen molar-refractivity contribution in [2.75, 3.05) is 6.61 Å². The van der Waals surface area contributed by atoms with Gasteiger partial charge in [-0.15, -0.1) is 0 Å².